The second-order valence-corrected chi connectivity index (χ2v) is 6.59. The van der Waals surface area contributed by atoms with E-state index >= 15 is 0 Å². The number of halogens is 1. The van der Waals surface area contributed by atoms with Crippen molar-refractivity contribution in [3.63, 3.8) is 0 Å². The average molecular weight is 325 g/mol. The summed E-state index contributed by atoms with van der Waals surface area (Å²) in [5.74, 6) is 1.09. The number of fused-ring (bicyclic) bond motifs is 1. The van der Waals surface area contributed by atoms with E-state index in [2.05, 4.69) is 41.1 Å². The highest BCUT2D eigenvalue weighted by molar-refractivity contribution is 9.09. The standard InChI is InChI=1S/C17H25BrO/c1-2-3-4-5-6-7-8-16(18)14-9-10-17-15(13-14)11-12-19-17/h9-10,13,16H,2-8,11-12H2,1H3. The Bertz CT molecular complexity index is 389. The molecule has 0 spiro atoms. The molecule has 1 aromatic rings. The van der Waals surface area contributed by atoms with Crippen LogP contribution >= 0.6 is 15.9 Å². The topological polar surface area (TPSA) is 9.23 Å². The fourth-order valence-electron chi connectivity index (χ4n) is 2.67. The molecule has 1 aliphatic heterocycles. The lowest BCUT2D eigenvalue weighted by molar-refractivity contribution is 0.357. The SMILES string of the molecule is CCCCCCCCC(Br)c1ccc2c(c1)CCO2. The van der Waals surface area contributed by atoms with E-state index in [4.69, 9.17) is 4.74 Å². The van der Waals surface area contributed by atoms with Crippen molar-refractivity contribution >= 4 is 15.9 Å². The highest BCUT2D eigenvalue weighted by atomic mass is 79.9. The first kappa shape index (κ1) is 14.9. The summed E-state index contributed by atoms with van der Waals surface area (Å²) in [6.45, 7) is 3.12. The van der Waals surface area contributed by atoms with Crippen LogP contribution in [0.1, 0.15) is 67.8 Å². The molecule has 0 fully saturated rings. The van der Waals surface area contributed by atoms with Crippen LogP contribution in [0.5, 0.6) is 5.75 Å². The quantitative estimate of drug-likeness (QED) is 0.433. The lowest BCUT2D eigenvalue weighted by Crippen LogP contribution is -1.92. The van der Waals surface area contributed by atoms with Gasteiger partial charge in [-0.3, -0.25) is 0 Å². The van der Waals surface area contributed by atoms with Gasteiger partial charge < -0.3 is 4.74 Å². The summed E-state index contributed by atoms with van der Waals surface area (Å²) in [6, 6.07) is 6.66. The zero-order chi connectivity index (χ0) is 13.5. The van der Waals surface area contributed by atoms with Crippen LogP contribution in [0.3, 0.4) is 0 Å². The predicted octanol–water partition coefficient (Wildman–Crippen LogP) is 5.81. The van der Waals surface area contributed by atoms with E-state index in [1.54, 1.807) is 0 Å². The van der Waals surface area contributed by atoms with Crippen molar-refractivity contribution in [2.45, 2.75) is 63.1 Å². The van der Waals surface area contributed by atoms with E-state index in [1.807, 2.05) is 0 Å². The molecule has 1 nitrogen and oxygen atoms in total. The van der Waals surface area contributed by atoms with Gasteiger partial charge in [-0.2, -0.15) is 0 Å². The fraction of sp³-hybridized carbons (Fsp3) is 0.647. The molecule has 0 radical (unpaired) electrons. The molecule has 1 unspecified atom stereocenters. The largest absolute Gasteiger partial charge is 0.493 e. The van der Waals surface area contributed by atoms with Gasteiger partial charge >= 0.3 is 0 Å². The highest BCUT2D eigenvalue weighted by Gasteiger charge is 2.15. The fourth-order valence-corrected chi connectivity index (χ4v) is 3.28. The summed E-state index contributed by atoms with van der Waals surface area (Å²) in [6.07, 6.45) is 10.5. The maximum Gasteiger partial charge on any atom is 0.122 e. The average Bonchev–Trinajstić information content (AvgIpc) is 2.89. The maximum absolute atomic E-state index is 5.55. The van der Waals surface area contributed by atoms with E-state index in [0.717, 1.165) is 18.8 Å². The van der Waals surface area contributed by atoms with Crippen LogP contribution in [-0.2, 0) is 6.42 Å². The zero-order valence-electron chi connectivity index (χ0n) is 12.0. The van der Waals surface area contributed by atoms with Crippen LogP contribution < -0.4 is 4.74 Å². The normalized spacial score (nSPS) is 15.1. The Morgan fingerprint density at radius 3 is 2.79 bits per heavy atom. The van der Waals surface area contributed by atoms with Crippen molar-refractivity contribution in [2.75, 3.05) is 6.61 Å². The Kier molecular flexibility index (Phi) is 6.22. The Labute approximate surface area is 125 Å². The van der Waals surface area contributed by atoms with Gasteiger partial charge in [0.05, 0.1) is 6.61 Å². The van der Waals surface area contributed by atoms with E-state index in [9.17, 15) is 0 Å². The molecule has 106 valence electrons. The lowest BCUT2D eigenvalue weighted by atomic mass is 10.0. The predicted molar refractivity (Wildman–Crippen MR) is 85.3 cm³/mol. The maximum atomic E-state index is 5.55. The second kappa shape index (κ2) is 7.94. The van der Waals surface area contributed by atoms with Gasteiger partial charge in [-0.05, 0) is 23.6 Å². The van der Waals surface area contributed by atoms with Gasteiger partial charge in [-0.1, -0.05) is 73.5 Å². The van der Waals surface area contributed by atoms with Crippen LogP contribution in [0.25, 0.3) is 0 Å². The van der Waals surface area contributed by atoms with Gasteiger partial charge in [0.15, 0.2) is 0 Å². The summed E-state index contributed by atoms with van der Waals surface area (Å²) < 4.78 is 5.55. The first-order valence-electron chi connectivity index (χ1n) is 7.71. The molecule has 19 heavy (non-hydrogen) atoms. The monoisotopic (exact) mass is 324 g/mol. The molecule has 2 heteroatoms. The zero-order valence-corrected chi connectivity index (χ0v) is 13.5. The molecule has 1 heterocycles. The van der Waals surface area contributed by atoms with Crippen molar-refractivity contribution in [3.05, 3.63) is 29.3 Å². The number of alkyl halides is 1. The van der Waals surface area contributed by atoms with Crippen LogP contribution in [0.15, 0.2) is 18.2 Å². The van der Waals surface area contributed by atoms with Gasteiger partial charge in [0.25, 0.3) is 0 Å². The number of rotatable bonds is 8. The molecule has 1 aliphatic rings. The van der Waals surface area contributed by atoms with E-state index in [1.165, 1.54) is 56.1 Å². The third-order valence-corrected chi connectivity index (χ3v) is 4.87. The Hall–Kier alpha value is -0.500. The molecule has 0 saturated carbocycles. The summed E-state index contributed by atoms with van der Waals surface area (Å²) in [7, 11) is 0. The van der Waals surface area contributed by atoms with Crippen molar-refractivity contribution in [2.24, 2.45) is 0 Å². The number of unbranched alkanes of at least 4 members (excludes halogenated alkanes) is 5. The van der Waals surface area contributed by atoms with Crippen LogP contribution in [0.2, 0.25) is 0 Å². The molecule has 0 aliphatic carbocycles. The Morgan fingerprint density at radius 2 is 1.95 bits per heavy atom. The van der Waals surface area contributed by atoms with Crippen molar-refractivity contribution < 1.29 is 4.74 Å². The number of hydrogen-bond donors (Lipinski definition) is 0. The smallest absolute Gasteiger partial charge is 0.122 e. The summed E-state index contributed by atoms with van der Waals surface area (Å²) in [5, 5.41) is 0. The van der Waals surface area contributed by atoms with Gasteiger partial charge in [-0.25, -0.2) is 0 Å². The van der Waals surface area contributed by atoms with Crippen molar-refractivity contribution in [3.8, 4) is 5.75 Å². The summed E-state index contributed by atoms with van der Waals surface area (Å²) in [4.78, 5) is 0.504. The third-order valence-electron chi connectivity index (χ3n) is 3.89. The Balaban J connectivity index is 1.72. The van der Waals surface area contributed by atoms with Gasteiger partial charge in [-0.15, -0.1) is 0 Å². The van der Waals surface area contributed by atoms with E-state index in [-0.39, 0.29) is 0 Å². The van der Waals surface area contributed by atoms with Crippen molar-refractivity contribution in [1.29, 1.82) is 0 Å². The van der Waals surface area contributed by atoms with Crippen LogP contribution in [-0.4, -0.2) is 6.61 Å². The Morgan fingerprint density at radius 1 is 1.16 bits per heavy atom. The molecule has 0 bridgehead atoms. The van der Waals surface area contributed by atoms with Crippen molar-refractivity contribution in [1.82, 2.24) is 0 Å². The molecule has 0 amide bonds. The molecule has 0 N–H and O–H groups in total. The molecule has 2 rings (SSSR count). The minimum Gasteiger partial charge on any atom is -0.493 e. The molecular weight excluding hydrogens is 300 g/mol. The molecule has 1 aromatic carbocycles. The second-order valence-electron chi connectivity index (χ2n) is 5.49. The minimum absolute atomic E-state index is 0.504. The molecule has 1 atom stereocenters. The molecular formula is C17H25BrO. The van der Waals surface area contributed by atoms with Gasteiger partial charge in [0.1, 0.15) is 5.75 Å². The van der Waals surface area contributed by atoms with Gasteiger partial charge in [0, 0.05) is 11.2 Å². The van der Waals surface area contributed by atoms with E-state index < -0.39 is 0 Å². The summed E-state index contributed by atoms with van der Waals surface area (Å²) in [5.41, 5.74) is 2.79. The number of ether oxygens (including phenoxy) is 1. The van der Waals surface area contributed by atoms with Crippen LogP contribution in [0.4, 0.5) is 0 Å². The summed E-state index contributed by atoms with van der Waals surface area (Å²) >= 11 is 3.84. The molecule has 0 aromatic heterocycles. The van der Waals surface area contributed by atoms with Gasteiger partial charge in [0.2, 0.25) is 0 Å². The van der Waals surface area contributed by atoms with E-state index in [0.29, 0.717) is 4.83 Å². The minimum atomic E-state index is 0.504. The first-order chi connectivity index (χ1) is 9.31. The third kappa shape index (κ3) is 4.52. The lowest BCUT2D eigenvalue weighted by Gasteiger charge is -2.11. The number of benzene rings is 1. The first-order valence-corrected chi connectivity index (χ1v) is 8.62. The van der Waals surface area contributed by atoms with Crippen LogP contribution in [0, 0.1) is 0 Å². The molecule has 0 saturated heterocycles. The number of hydrogen-bond acceptors (Lipinski definition) is 1. The highest BCUT2D eigenvalue weighted by Crippen LogP contribution is 2.33.